The maximum atomic E-state index is 11.6. The number of carbonyl (C=O) groups excluding carboxylic acids is 1. The van der Waals surface area contributed by atoms with Gasteiger partial charge in [-0.2, -0.15) is 0 Å². The minimum Gasteiger partial charge on any atom is -0.356 e. The molecule has 0 aliphatic rings. The van der Waals surface area contributed by atoms with Crippen LogP contribution in [0.3, 0.4) is 0 Å². The predicted molar refractivity (Wildman–Crippen MR) is 72.5 cm³/mol. The number of nitrogens with two attached hydrogens (primary N) is 1. The van der Waals surface area contributed by atoms with Gasteiger partial charge in [-0.15, -0.1) is 0 Å². The fourth-order valence-electron chi connectivity index (χ4n) is 1.43. The minimum absolute atomic E-state index is 0.0904. The molecule has 0 aromatic carbocycles. The molecule has 2 unspecified atom stereocenters. The second kappa shape index (κ2) is 7.70. The molecular weight excluding hydrogens is 254 g/mol. The molecule has 6 nitrogen and oxygen atoms in total. The van der Waals surface area contributed by atoms with Gasteiger partial charge in [-0.05, 0) is 13.3 Å². The monoisotopic (exact) mass is 279 g/mol. The van der Waals surface area contributed by atoms with Gasteiger partial charge in [0.15, 0.2) is 0 Å². The van der Waals surface area contributed by atoms with E-state index in [4.69, 9.17) is 5.73 Å². The van der Waals surface area contributed by atoms with Crippen LogP contribution in [-0.2, 0) is 14.8 Å². The van der Waals surface area contributed by atoms with Gasteiger partial charge in [0.25, 0.3) is 0 Å². The van der Waals surface area contributed by atoms with Crippen molar-refractivity contribution in [3.05, 3.63) is 0 Å². The third kappa shape index (κ3) is 6.32. The number of nitrogens with zero attached hydrogens (tertiary/aromatic N) is 1. The summed E-state index contributed by atoms with van der Waals surface area (Å²) in [5.74, 6) is -0.324. The highest BCUT2D eigenvalue weighted by atomic mass is 32.2. The number of sulfonamides is 1. The molecule has 1 amide bonds. The van der Waals surface area contributed by atoms with E-state index in [0.29, 0.717) is 26.1 Å². The van der Waals surface area contributed by atoms with Gasteiger partial charge in [0, 0.05) is 31.6 Å². The Hall–Kier alpha value is -0.660. The van der Waals surface area contributed by atoms with Gasteiger partial charge in [0.1, 0.15) is 0 Å². The van der Waals surface area contributed by atoms with Gasteiger partial charge in [0.2, 0.25) is 15.9 Å². The first-order chi connectivity index (χ1) is 8.20. The molecule has 0 aliphatic heterocycles. The van der Waals surface area contributed by atoms with Crippen LogP contribution >= 0.6 is 0 Å². The molecule has 0 heterocycles. The van der Waals surface area contributed by atoms with E-state index in [1.165, 1.54) is 10.6 Å². The average molecular weight is 279 g/mol. The Morgan fingerprint density at radius 1 is 1.39 bits per heavy atom. The Labute approximate surface area is 110 Å². The molecule has 0 saturated carbocycles. The zero-order chi connectivity index (χ0) is 14.3. The quantitative estimate of drug-likeness (QED) is 0.600. The van der Waals surface area contributed by atoms with Crippen LogP contribution < -0.4 is 11.1 Å². The molecule has 0 aliphatic carbocycles. The molecule has 2 atom stereocenters. The molecule has 3 N–H and O–H groups in total. The SMILES string of the molecule is CCN(CCCNC(=O)C(C)C(C)N)S(C)(=O)=O. The van der Waals surface area contributed by atoms with Gasteiger partial charge < -0.3 is 11.1 Å². The largest absolute Gasteiger partial charge is 0.356 e. The van der Waals surface area contributed by atoms with Crippen LogP contribution in [-0.4, -0.2) is 50.6 Å². The summed E-state index contributed by atoms with van der Waals surface area (Å²) < 4.78 is 24.0. The maximum absolute atomic E-state index is 11.6. The van der Waals surface area contributed by atoms with Crippen LogP contribution in [0.1, 0.15) is 27.2 Å². The van der Waals surface area contributed by atoms with Crippen molar-refractivity contribution in [2.75, 3.05) is 25.9 Å². The van der Waals surface area contributed by atoms with E-state index >= 15 is 0 Å². The first-order valence-electron chi connectivity index (χ1n) is 6.18. The third-order valence-corrected chi connectivity index (χ3v) is 4.29. The molecule has 0 saturated heterocycles. The summed E-state index contributed by atoms with van der Waals surface area (Å²) in [6.45, 7) is 6.67. The van der Waals surface area contributed by atoms with E-state index in [2.05, 4.69) is 5.32 Å². The lowest BCUT2D eigenvalue weighted by atomic mass is 10.0. The summed E-state index contributed by atoms with van der Waals surface area (Å²) in [7, 11) is -3.14. The summed E-state index contributed by atoms with van der Waals surface area (Å²) in [6.07, 6.45) is 1.78. The van der Waals surface area contributed by atoms with Crippen LogP contribution in [0.25, 0.3) is 0 Å². The van der Waals surface area contributed by atoms with E-state index in [9.17, 15) is 13.2 Å². The van der Waals surface area contributed by atoms with Gasteiger partial charge in [-0.3, -0.25) is 4.79 Å². The van der Waals surface area contributed by atoms with Crippen molar-refractivity contribution < 1.29 is 13.2 Å². The molecule has 0 fully saturated rings. The second-order valence-electron chi connectivity index (χ2n) is 4.55. The molecule has 0 aromatic rings. The molecule has 7 heteroatoms. The van der Waals surface area contributed by atoms with Crippen LogP contribution in [0.4, 0.5) is 0 Å². The number of carbonyl (C=O) groups is 1. The number of rotatable bonds is 8. The predicted octanol–water partition coefficient (Wildman–Crippen LogP) is -0.242. The number of nitrogens with one attached hydrogen (secondary N) is 1. The van der Waals surface area contributed by atoms with E-state index < -0.39 is 10.0 Å². The second-order valence-corrected chi connectivity index (χ2v) is 6.53. The molecular formula is C11H25N3O3S. The summed E-state index contributed by atoms with van der Waals surface area (Å²) in [6, 6.07) is -0.187. The molecule has 0 spiro atoms. The van der Waals surface area contributed by atoms with Gasteiger partial charge >= 0.3 is 0 Å². The van der Waals surface area contributed by atoms with Gasteiger partial charge in [0.05, 0.1) is 6.26 Å². The van der Waals surface area contributed by atoms with Gasteiger partial charge in [-0.1, -0.05) is 13.8 Å². The smallest absolute Gasteiger partial charge is 0.224 e. The first kappa shape index (κ1) is 17.3. The molecule has 108 valence electrons. The van der Waals surface area contributed by atoms with Crippen molar-refractivity contribution in [3.63, 3.8) is 0 Å². The Bertz CT molecular complexity index is 355. The van der Waals surface area contributed by atoms with Gasteiger partial charge in [-0.25, -0.2) is 12.7 Å². The van der Waals surface area contributed by atoms with E-state index in [1.807, 2.05) is 0 Å². The maximum Gasteiger partial charge on any atom is 0.224 e. The lowest BCUT2D eigenvalue weighted by Crippen LogP contribution is -2.40. The highest BCUT2D eigenvalue weighted by Gasteiger charge is 2.17. The molecule has 0 radical (unpaired) electrons. The Kier molecular flexibility index (Phi) is 7.42. The van der Waals surface area contributed by atoms with Crippen molar-refractivity contribution in [1.82, 2.24) is 9.62 Å². The van der Waals surface area contributed by atoms with Crippen molar-refractivity contribution >= 4 is 15.9 Å². The Morgan fingerprint density at radius 2 is 1.94 bits per heavy atom. The fourth-order valence-corrected chi connectivity index (χ4v) is 2.35. The third-order valence-electron chi connectivity index (χ3n) is 2.91. The fraction of sp³-hybridized carbons (Fsp3) is 0.909. The van der Waals surface area contributed by atoms with Crippen LogP contribution in [0.15, 0.2) is 0 Å². The van der Waals surface area contributed by atoms with Crippen molar-refractivity contribution in [2.24, 2.45) is 11.7 Å². The summed E-state index contributed by atoms with van der Waals surface area (Å²) in [5.41, 5.74) is 5.62. The first-order valence-corrected chi connectivity index (χ1v) is 8.03. The lowest BCUT2D eigenvalue weighted by molar-refractivity contribution is -0.124. The van der Waals surface area contributed by atoms with Crippen molar-refractivity contribution in [2.45, 2.75) is 33.2 Å². The summed E-state index contributed by atoms with van der Waals surface area (Å²) in [4.78, 5) is 11.6. The topological polar surface area (TPSA) is 92.5 Å². The standard InChI is InChI=1S/C11H25N3O3S/c1-5-14(18(4,16)17)8-6-7-13-11(15)9(2)10(3)12/h9-10H,5-8,12H2,1-4H3,(H,13,15). The Morgan fingerprint density at radius 3 is 2.33 bits per heavy atom. The van der Waals surface area contributed by atoms with Crippen molar-refractivity contribution in [1.29, 1.82) is 0 Å². The molecule has 0 bridgehead atoms. The van der Waals surface area contributed by atoms with E-state index in [1.54, 1.807) is 20.8 Å². The Balaban J connectivity index is 3.97. The molecule has 0 rings (SSSR count). The highest BCUT2D eigenvalue weighted by molar-refractivity contribution is 7.88. The zero-order valence-corrected chi connectivity index (χ0v) is 12.5. The van der Waals surface area contributed by atoms with Crippen LogP contribution in [0.2, 0.25) is 0 Å². The summed E-state index contributed by atoms with van der Waals surface area (Å²) >= 11 is 0. The normalized spacial score (nSPS) is 15.4. The number of hydrogen-bond acceptors (Lipinski definition) is 4. The molecule has 18 heavy (non-hydrogen) atoms. The lowest BCUT2D eigenvalue weighted by Gasteiger charge is -2.19. The number of hydrogen-bond donors (Lipinski definition) is 2. The minimum atomic E-state index is -3.14. The summed E-state index contributed by atoms with van der Waals surface area (Å²) in [5, 5.41) is 2.75. The average Bonchev–Trinajstić information content (AvgIpc) is 2.25. The van der Waals surface area contributed by atoms with E-state index in [-0.39, 0.29) is 17.9 Å². The van der Waals surface area contributed by atoms with E-state index in [0.717, 1.165) is 0 Å². The zero-order valence-electron chi connectivity index (χ0n) is 11.6. The van der Waals surface area contributed by atoms with Crippen LogP contribution in [0.5, 0.6) is 0 Å². The molecule has 0 aromatic heterocycles. The van der Waals surface area contributed by atoms with Crippen molar-refractivity contribution in [3.8, 4) is 0 Å². The van der Waals surface area contributed by atoms with Crippen LogP contribution in [0, 0.1) is 5.92 Å². The number of amides is 1. The highest BCUT2D eigenvalue weighted by Crippen LogP contribution is 2.00.